The lowest BCUT2D eigenvalue weighted by atomic mass is 10.1. The number of carbonyl (C=O) groups excluding carboxylic acids is 1. The van der Waals surface area contributed by atoms with Crippen LogP contribution >= 0.6 is 23.2 Å². The van der Waals surface area contributed by atoms with Crippen LogP contribution in [0.3, 0.4) is 0 Å². The van der Waals surface area contributed by atoms with E-state index < -0.39 is 17.0 Å². The van der Waals surface area contributed by atoms with Crippen LogP contribution in [-0.4, -0.2) is 56.5 Å². The molecule has 1 amide bonds. The Bertz CT molecular complexity index is 1120. The van der Waals surface area contributed by atoms with Gasteiger partial charge >= 0.3 is 5.38 Å². The first-order valence-corrected chi connectivity index (χ1v) is 10.3. The van der Waals surface area contributed by atoms with Crippen LogP contribution in [0.5, 0.6) is 0 Å². The van der Waals surface area contributed by atoms with Gasteiger partial charge in [0.1, 0.15) is 11.5 Å². The molecule has 0 unspecified atom stereocenters. The predicted molar refractivity (Wildman–Crippen MR) is 110 cm³/mol. The molecule has 1 aliphatic rings. The number of aryl methyl sites for hydroxylation is 1. The van der Waals surface area contributed by atoms with Gasteiger partial charge in [-0.15, -0.1) is 0 Å². The number of alkyl halides is 3. The molecular formula is C20H18Cl2F3N5O. The van der Waals surface area contributed by atoms with Crippen molar-refractivity contribution in [3.63, 3.8) is 0 Å². The molecule has 1 fully saturated rings. The fourth-order valence-corrected chi connectivity index (χ4v) is 3.94. The number of benzene rings is 1. The Balaban J connectivity index is 1.48. The van der Waals surface area contributed by atoms with E-state index in [0.29, 0.717) is 49.0 Å². The molecule has 0 N–H and O–H groups in total. The third-order valence-corrected chi connectivity index (χ3v) is 5.72. The molecule has 0 radical (unpaired) electrons. The van der Waals surface area contributed by atoms with E-state index in [1.807, 2.05) is 4.90 Å². The van der Waals surface area contributed by atoms with E-state index in [4.69, 9.17) is 23.2 Å². The highest BCUT2D eigenvalue weighted by Gasteiger charge is 2.33. The highest BCUT2D eigenvalue weighted by molar-refractivity contribution is 6.31. The summed E-state index contributed by atoms with van der Waals surface area (Å²) >= 11 is 11.3. The first-order valence-electron chi connectivity index (χ1n) is 9.52. The van der Waals surface area contributed by atoms with Crippen molar-refractivity contribution in [1.82, 2.24) is 24.4 Å². The van der Waals surface area contributed by atoms with Crippen LogP contribution < -0.4 is 0 Å². The van der Waals surface area contributed by atoms with Gasteiger partial charge in [-0.05, 0) is 36.7 Å². The first kappa shape index (κ1) is 21.9. The molecule has 3 aromatic rings. The number of piperazine rings is 1. The van der Waals surface area contributed by atoms with Gasteiger partial charge in [0.2, 0.25) is 0 Å². The van der Waals surface area contributed by atoms with E-state index in [-0.39, 0.29) is 17.2 Å². The molecule has 11 heteroatoms. The summed E-state index contributed by atoms with van der Waals surface area (Å²) in [5.74, 6) is -0.763. The maximum atomic E-state index is 14.0. The summed E-state index contributed by atoms with van der Waals surface area (Å²) in [6, 6.07) is 7.05. The SMILES string of the molecule is Cc1cc(C(F)(F)Cl)n2nc(C(=O)N3CCN(Cc4c(F)cccc4Cl)CC3)cc2n1. The minimum Gasteiger partial charge on any atom is -0.335 e. The van der Waals surface area contributed by atoms with Gasteiger partial charge in [0.25, 0.3) is 5.91 Å². The molecule has 0 atom stereocenters. The molecule has 31 heavy (non-hydrogen) atoms. The van der Waals surface area contributed by atoms with Crippen LogP contribution in [0.1, 0.15) is 27.4 Å². The Labute approximate surface area is 186 Å². The average Bonchev–Trinajstić information content (AvgIpc) is 3.13. The zero-order chi connectivity index (χ0) is 22.3. The second kappa shape index (κ2) is 8.29. The number of nitrogens with zero attached hydrogens (tertiary/aromatic N) is 5. The molecule has 1 saturated heterocycles. The second-order valence-corrected chi connectivity index (χ2v) is 8.23. The lowest BCUT2D eigenvalue weighted by Crippen LogP contribution is -2.48. The van der Waals surface area contributed by atoms with Gasteiger partial charge in [0, 0.05) is 55.1 Å². The number of halogens is 5. The van der Waals surface area contributed by atoms with Crippen molar-refractivity contribution in [3.05, 3.63) is 63.8 Å². The fourth-order valence-electron chi connectivity index (χ4n) is 3.58. The van der Waals surface area contributed by atoms with Gasteiger partial charge in [-0.3, -0.25) is 9.69 Å². The van der Waals surface area contributed by atoms with Crippen molar-refractivity contribution >= 4 is 34.8 Å². The van der Waals surface area contributed by atoms with E-state index in [1.165, 1.54) is 12.1 Å². The number of fused-ring (bicyclic) bond motifs is 1. The number of amides is 1. The highest BCUT2D eigenvalue weighted by atomic mass is 35.5. The molecule has 0 saturated carbocycles. The smallest absolute Gasteiger partial charge is 0.335 e. The van der Waals surface area contributed by atoms with Crippen LogP contribution in [0.25, 0.3) is 5.65 Å². The van der Waals surface area contributed by atoms with E-state index in [1.54, 1.807) is 24.0 Å². The molecule has 0 aliphatic carbocycles. The molecule has 0 spiro atoms. The average molecular weight is 472 g/mol. The molecule has 3 heterocycles. The fraction of sp³-hybridized carbons (Fsp3) is 0.350. The van der Waals surface area contributed by atoms with Gasteiger partial charge in [-0.2, -0.15) is 13.9 Å². The van der Waals surface area contributed by atoms with Crippen molar-refractivity contribution in [2.75, 3.05) is 26.2 Å². The largest absolute Gasteiger partial charge is 0.364 e. The van der Waals surface area contributed by atoms with Gasteiger partial charge in [-0.1, -0.05) is 17.7 Å². The van der Waals surface area contributed by atoms with Crippen molar-refractivity contribution in [2.45, 2.75) is 18.9 Å². The number of aromatic nitrogens is 3. The van der Waals surface area contributed by atoms with Crippen molar-refractivity contribution in [1.29, 1.82) is 0 Å². The topological polar surface area (TPSA) is 53.7 Å². The number of hydrogen-bond donors (Lipinski definition) is 0. The molecule has 164 valence electrons. The minimum absolute atomic E-state index is 0.00543. The standard InChI is InChI=1S/C20H18Cl2F3N5O/c1-12-9-17(20(22,24)25)30-18(26-12)10-16(27-30)19(31)29-7-5-28(6-8-29)11-13-14(21)3-2-4-15(13)23/h2-4,9-10H,5-8,11H2,1H3. The van der Waals surface area contributed by atoms with Crippen LogP contribution in [0.2, 0.25) is 5.02 Å². The van der Waals surface area contributed by atoms with Crippen LogP contribution in [-0.2, 0) is 11.9 Å². The minimum atomic E-state index is -3.65. The lowest BCUT2D eigenvalue weighted by molar-refractivity contribution is 0.0619. The Morgan fingerprint density at radius 1 is 1.19 bits per heavy atom. The molecule has 0 bridgehead atoms. The summed E-state index contributed by atoms with van der Waals surface area (Å²) in [7, 11) is 0. The maximum absolute atomic E-state index is 14.0. The molecule has 4 rings (SSSR count). The molecule has 1 aliphatic heterocycles. The predicted octanol–water partition coefficient (Wildman–Crippen LogP) is 4.08. The Morgan fingerprint density at radius 3 is 2.55 bits per heavy atom. The van der Waals surface area contributed by atoms with Crippen molar-refractivity contribution < 1.29 is 18.0 Å². The van der Waals surface area contributed by atoms with Crippen molar-refractivity contribution in [2.24, 2.45) is 0 Å². The van der Waals surface area contributed by atoms with Gasteiger partial charge in [0.15, 0.2) is 11.3 Å². The zero-order valence-corrected chi connectivity index (χ0v) is 18.0. The Morgan fingerprint density at radius 2 is 1.90 bits per heavy atom. The van der Waals surface area contributed by atoms with Crippen LogP contribution in [0, 0.1) is 12.7 Å². The summed E-state index contributed by atoms with van der Waals surface area (Å²) in [6.45, 7) is 3.66. The first-order chi connectivity index (χ1) is 14.6. The van der Waals surface area contributed by atoms with E-state index >= 15 is 0 Å². The highest BCUT2D eigenvalue weighted by Crippen LogP contribution is 2.32. The summed E-state index contributed by atoms with van der Waals surface area (Å²) in [5, 5.41) is 0.728. The molecular weight excluding hydrogens is 454 g/mol. The number of rotatable bonds is 4. The molecule has 1 aromatic carbocycles. The van der Waals surface area contributed by atoms with E-state index in [9.17, 15) is 18.0 Å². The van der Waals surface area contributed by atoms with Gasteiger partial charge in [0.05, 0.1) is 0 Å². The third kappa shape index (κ3) is 4.49. The van der Waals surface area contributed by atoms with Gasteiger partial charge in [-0.25, -0.2) is 13.9 Å². The molecule has 6 nitrogen and oxygen atoms in total. The maximum Gasteiger partial charge on any atom is 0.364 e. The summed E-state index contributed by atoms with van der Waals surface area (Å²) in [5.41, 5.74) is 0.321. The van der Waals surface area contributed by atoms with Crippen molar-refractivity contribution in [3.8, 4) is 0 Å². The summed E-state index contributed by atoms with van der Waals surface area (Å²) in [4.78, 5) is 20.6. The second-order valence-electron chi connectivity index (χ2n) is 7.35. The molecule has 2 aromatic heterocycles. The number of carbonyl (C=O) groups is 1. The van der Waals surface area contributed by atoms with Gasteiger partial charge < -0.3 is 4.90 Å². The Hall–Kier alpha value is -2.36. The van der Waals surface area contributed by atoms with Crippen LogP contribution in [0.4, 0.5) is 13.2 Å². The number of hydrogen-bond acceptors (Lipinski definition) is 4. The normalized spacial score (nSPS) is 15.6. The quantitative estimate of drug-likeness (QED) is 0.538. The Kier molecular flexibility index (Phi) is 5.85. The van der Waals surface area contributed by atoms with E-state index in [2.05, 4.69) is 10.1 Å². The third-order valence-electron chi connectivity index (χ3n) is 5.17. The van der Waals surface area contributed by atoms with Crippen LogP contribution in [0.15, 0.2) is 30.3 Å². The monoisotopic (exact) mass is 471 g/mol. The lowest BCUT2D eigenvalue weighted by Gasteiger charge is -2.34. The van der Waals surface area contributed by atoms with E-state index in [0.717, 1.165) is 10.6 Å². The summed E-state index contributed by atoms with van der Waals surface area (Å²) < 4.78 is 42.4. The zero-order valence-electron chi connectivity index (χ0n) is 16.5. The summed E-state index contributed by atoms with van der Waals surface area (Å²) in [6.07, 6.45) is 0.